The van der Waals surface area contributed by atoms with Crippen LogP contribution in [0.3, 0.4) is 0 Å². The Morgan fingerprint density at radius 1 is 1.07 bits per heavy atom. The number of nitrogens with one attached hydrogen (secondary N) is 1. The predicted molar refractivity (Wildman–Crippen MR) is 54.1 cm³/mol. The minimum Gasteiger partial charge on any atom is -0.379 e. The first kappa shape index (κ1) is 13.8. The zero-order chi connectivity index (χ0) is 11.1. The quantitative estimate of drug-likeness (QED) is 0.428. The molecule has 0 bridgehead atoms. The Morgan fingerprint density at radius 3 is 1.79 bits per heavy atom. The van der Waals surface area contributed by atoms with Crippen molar-refractivity contribution in [3.63, 3.8) is 0 Å². The van der Waals surface area contributed by atoms with E-state index >= 15 is 0 Å². The van der Waals surface area contributed by atoms with Crippen molar-refractivity contribution in [2.45, 2.75) is 52.3 Å². The molecule has 0 aliphatic carbocycles. The molecular formula is C9H22N2O3. The van der Waals surface area contributed by atoms with Crippen LogP contribution in [0.4, 0.5) is 0 Å². The third-order valence-corrected chi connectivity index (χ3v) is 2.07. The molecule has 5 heteroatoms. The van der Waals surface area contributed by atoms with Crippen LogP contribution in [0.2, 0.25) is 0 Å². The molecule has 86 valence electrons. The second-order valence-corrected chi connectivity index (χ2v) is 3.33. The van der Waals surface area contributed by atoms with E-state index in [9.17, 15) is 10.2 Å². The summed E-state index contributed by atoms with van der Waals surface area (Å²) < 4.78 is 0. The monoisotopic (exact) mass is 206 g/mol. The van der Waals surface area contributed by atoms with Gasteiger partial charge in [0.25, 0.3) is 0 Å². The maximum absolute atomic E-state index is 9.58. The summed E-state index contributed by atoms with van der Waals surface area (Å²) >= 11 is 0. The van der Waals surface area contributed by atoms with Crippen LogP contribution in [0, 0.1) is 0 Å². The summed E-state index contributed by atoms with van der Waals surface area (Å²) in [6, 6.07) is 0. The van der Waals surface area contributed by atoms with Crippen LogP contribution in [0.1, 0.15) is 33.6 Å². The fraction of sp³-hybridized carbons (Fsp3) is 1.00. The van der Waals surface area contributed by atoms with Gasteiger partial charge in [-0.3, -0.25) is 5.32 Å². The summed E-state index contributed by atoms with van der Waals surface area (Å²) in [4.78, 5) is 1.51. The van der Waals surface area contributed by atoms with Crippen LogP contribution < -0.4 is 5.32 Å². The van der Waals surface area contributed by atoms with E-state index < -0.39 is 18.7 Å². The van der Waals surface area contributed by atoms with Gasteiger partial charge in [0.1, 0.15) is 18.7 Å². The Kier molecular flexibility index (Phi) is 7.04. The van der Waals surface area contributed by atoms with E-state index in [0.29, 0.717) is 12.8 Å². The Morgan fingerprint density at radius 2 is 1.50 bits per heavy atom. The molecule has 0 aliphatic rings. The lowest BCUT2D eigenvalue weighted by molar-refractivity contribution is -0.112. The SMILES string of the molecule is CCC(O)N(CNC(C)O)C(O)CC. The Labute approximate surface area is 85.4 Å². The van der Waals surface area contributed by atoms with Crippen LogP contribution in [0.25, 0.3) is 0 Å². The van der Waals surface area contributed by atoms with E-state index in [-0.39, 0.29) is 6.67 Å². The van der Waals surface area contributed by atoms with Gasteiger partial charge < -0.3 is 15.3 Å². The fourth-order valence-electron chi connectivity index (χ4n) is 1.12. The number of aliphatic hydroxyl groups is 3. The highest BCUT2D eigenvalue weighted by molar-refractivity contribution is 4.63. The standard InChI is InChI=1S/C9H22N2O3/c1-4-8(13)11(9(14)5-2)6-10-7(3)12/h7-10,12-14H,4-6H2,1-3H3. The normalized spacial score (nSPS) is 18.2. The highest BCUT2D eigenvalue weighted by atomic mass is 16.3. The van der Waals surface area contributed by atoms with Crippen LogP contribution in [-0.2, 0) is 0 Å². The minimum absolute atomic E-state index is 0.266. The average molecular weight is 206 g/mol. The van der Waals surface area contributed by atoms with Crippen LogP contribution in [-0.4, -0.2) is 45.6 Å². The second-order valence-electron chi connectivity index (χ2n) is 3.33. The highest BCUT2D eigenvalue weighted by Crippen LogP contribution is 2.06. The molecule has 0 amide bonds. The lowest BCUT2D eigenvalue weighted by Crippen LogP contribution is -2.49. The summed E-state index contributed by atoms with van der Waals surface area (Å²) in [5.74, 6) is 0. The van der Waals surface area contributed by atoms with E-state index in [4.69, 9.17) is 5.11 Å². The van der Waals surface area contributed by atoms with E-state index in [1.165, 1.54) is 4.90 Å². The van der Waals surface area contributed by atoms with Gasteiger partial charge >= 0.3 is 0 Å². The zero-order valence-corrected chi connectivity index (χ0v) is 9.14. The van der Waals surface area contributed by atoms with Crippen molar-refractivity contribution in [1.29, 1.82) is 0 Å². The number of hydrogen-bond donors (Lipinski definition) is 4. The lowest BCUT2D eigenvalue weighted by Gasteiger charge is -2.31. The van der Waals surface area contributed by atoms with Gasteiger partial charge in [0, 0.05) is 0 Å². The van der Waals surface area contributed by atoms with E-state index in [1.807, 2.05) is 13.8 Å². The van der Waals surface area contributed by atoms with Crippen molar-refractivity contribution in [2.75, 3.05) is 6.67 Å². The molecule has 14 heavy (non-hydrogen) atoms. The predicted octanol–water partition coefficient (Wildman–Crippen LogP) is -0.369. The number of hydrogen-bond acceptors (Lipinski definition) is 5. The van der Waals surface area contributed by atoms with Gasteiger partial charge in [-0.05, 0) is 19.8 Å². The topological polar surface area (TPSA) is 76.0 Å². The Balaban J connectivity index is 4.10. The van der Waals surface area contributed by atoms with E-state index in [0.717, 1.165) is 0 Å². The van der Waals surface area contributed by atoms with Crippen LogP contribution >= 0.6 is 0 Å². The molecule has 0 radical (unpaired) electrons. The minimum atomic E-state index is -0.684. The summed E-state index contributed by atoms with van der Waals surface area (Å²) in [6.07, 6.45) is -0.935. The van der Waals surface area contributed by atoms with Crippen molar-refractivity contribution in [3.05, 3.63) is 0 Å². The molecule has 0 aromatic heterocycles. The number of rotatable bonds is 7. The van der Waals surface area contributed by atoms with Crippen molar-refractivity contribution in [2.24, 2.45) is 0 Å². The molecule has 0 saturated carbocycles. The molecule has 0 spiro atoms. The van der Waals surface area contributed by atoms with Gasteiger partial charge in [0.15, 0.2) is 0 Å². The van der Waals surface area contributed by atoms with Crippen molar-refractivity contribution in [1.82, 2.24) is 10.2 Å². The van der Waals surface area contributed by atoms with Gasteiger partial charge in [0.05, 0.1) is 6.67 Å². The maximum atomic E-state index is 9.58. The van der Waals surface area contributed by atoms with E-state index in [1.54, 1.807) is 6.92 Å². The van der Waals surface area contributed by atoms with Crippen molar-refractivity contribution < 1.29 is 15.3 Å². The maximum Gasteiger partial charge on any atom is 0.110 e. The van der Waals surface area contributed by atoms with Gasteiger partial charge in [-0.15, -0.1) is 0 Å². The summed E-state index contributed by atoms with van der Waals surface area (Å²) in [5, 5.41) is 30.9. The first-order valence-corrected chi connectivity index (χ1v) is 5.06. The largest absolute Gasteiger partial charge is 0.379 e. The summed E-state index contributed by atoms with van der Waals surface area (Å²) in [5.41, 5.74) is 0. The van der Waals surface area contributed by atoms with Crippen molar-refractivity contribution in [3.8, 4) is 0 Å². The third kappa shape index (κ3) is 4.88. The smallest absolute Gasteiger partial charge is 0.110 e. The molecule has 3 atom stereocenters. The summed E-state index contributed by atoms with van der Waals surface area (Å²) in [6.45, 7) is 5.53. The number of aliphatic hydroxyl groups excluding tert-OH is 3. The zero-order valence-electron chi connectivity index (χ0n) is 9.14. The van der Waals surface area contributed by atoms with Gasteiger partial charge in [0.2, 0.25) is 0 Å². The molecule has 0 aliphatic heterocycles. The fourth-order valence-corrected chi connectivity index (χ4v) is 1.12. The molecule has 0 aromatic carbocycles. The average Bonchev–Trinajstić information content (AvgIpc) is 2.16. The molecule has 0 rings (SSSR count). The van der Waals surface area contributed by atoms with Gasteiger partial charge in [-0.2, -0.15) is 0 Å². The molecule has 0 saturated heterocycles. The molecular weight excluding hydrogens is 184 g/mol. The lowest BCUT2D eigenvalue weighted by atomic mass is 10.3. The first-order valence-electron chi connectivity index (χ1n) is 5.06. The number of nitrogens with zero attached hydrogens (tertiary/aromatic N) is 1. The third-order valence-electron chi connectivity index (χ3n) is 2.07. The molecule has 0 heterocycles. The van der Waals surface area contributed by atoms with Gasteiger partial charge in [-0.25, -0.2) is 4.90 Å². The van der Waals surface area contributed by atoms with Crippen LogP contribution in [0.5, 0.6) is 0 Å². The molecule has 5 nitrogen and oxygen atoms in total. The Hall–Kier alpha value is -0.200. The molecule has 3 unspecified atom stereocenters. The molecule has 0 fully saturated rings. The first-order chi connectivity index (χ1) is 6.52. The van der Waals surface area contributed by atoms with Crippen LogP contribution in [0.15, 0.2) is 0 Å². The Bertz CT molecular complexity index is 134. The van der Waals surface area contributed by atoms with Gasteiger partial charge in [-0.1, -0.05) is 13.8 Å². The van der Waals surface area contributed by atoms with E-state index in [2.05, 4.69) is 5.32 Å². The highest BCUT2D eigenvalue weighted by Gasteiger charge is 2.20. The molecule has 4 N–H and O–H groups in total. The second kappa shape index (κ2) is 7.14. The molecule has 0 aromatic rings. The summed E-state index contributed by atoms with van der Waals surface area (Å²) in [7, 11) is 0. The van der Waals surface area contributed by atoms with Crippen molar-refractivity contribution >= 4 is 0 Å².